The van der Waals surface area contributed by atoms with E-state index in [0.717, 1.165) is 15.6 Å². The van der Waals surface area contributed by atoms with Crippen molar-refractivity contribution in [2.75, 3.05) is 6.61 Å². The van der Waals surface area contributed by atoms with E-state index >= 15 is 0 Å². The van der Waals surface area contributed by atoms with Gasteiger partial charge in [0.15, 0.2) is 6.61 Å². The lowest BCUT2D eigenvalue weighted by Gasteiger charge is -2.33. The molecule has 0 aliphatic rings. The molecule has 3 aromatic carbocycles. The second kappa shape index (κ2) is 12.2. The third-order valence-corrected chi connectivity index (χ3v) is 5.90. The minimum atomic E-state index is -0.730. The van der Waals surface area contributed by atoms with Gasteiger partial charge in [-0.25, -0.2) is 0 Å². The Balaban J connectivity index is 1.93. The molecule has 35 heavy (non-hydrogen) atoms. The van der Waals surface area contributed by atoms with Crippen LogP contribution in [0.4, 0.5) is 0 Å². The molecule has 0 heterocycles. The van der Waals surface area contributed by atoms with Gasteiger partial charge in [0.1, 0.15) is 11.8 Å². The Morgan fingerprint density at radius 1 is 0.971 bits per heavy atom. The molecule has 0 spiro atoms. The molecule has 0 radical (unpaired) electrons. The number of ether oxygens (including phenoxy) is 1. The van der Waals surface area contributed by atoms with Crippen LogP contribution in [0.1, 0.15) is 31.9 Å². The fourth-order valence-electron chi connectivity index (χ4n) is 3.62. The molecule has 1 unspecified atom stereocenters. The fraction of sp³-hybridized carbons (Fsp3) is 0.286. The van der Waals surface area contributed by atoms with Gasteiger partial charge in [0.05, 0.1) is 0 Å². The maximum absolute atomic E-state index is 13.6. The summed E-state index contributed by atoms with van der Waals surface area (Å²) in [6.45, 7) is 5.81. The molecular formula is C28H30BrClN2O3. The number of carbonyl (C=O) groups excluding carboxylic acids is 2. The zero-order valence-electron chi connectivity index (χ0n) is 20.1. The average molecular weight is 558 g/mol. The van der Waals surface area contributed by atoms with Crippen LogP contribution >= 0.6 is 27.5 Å². The lowest BCUT2D eigenvalue weighted by atomic mass is 10.0. The van der Waals surface area contributed by atoms with Gasteiger partial charge in [0, 0.05) is 28.0 Å². The quantitative estimate of drug-likeness (QED) is 0.349. The van der Waals surface area contributed by atoms with E-state index in [9.17, 15) is 9.59 Å². The Kier molecular flexibility index (Phi) is 9.35. The summed E-state index contributed by atoms with van der Waals surface area (Å²) in [5.41, 5.74) is 1.41. The number of hydrogen-bond donors (Lipinski definition) is 1. The molecule has 1 atom stereocenters. The number of nitrogens with one attached hydrogen (secondary N) is 1. The third kappa shape index (κ3) is 8.71. The van der Waals surface area contributed by atoms with Crippen LogP contribution in [-0.4, -0.2) is 34.9 Å². The third-order valence-electron chi connectivity index (χ3n) is 5.17. The van der Waals surface area contributed by atoms with E-state index in [1.807, 2.05) is 75.4 Å². The first-order chi connectivity index (χ1) is 16.6. The Morgan fingerprint density at radius 3 is 2.31 bits per heavy atom. The van der Waals surface area contributed by atoms with E-state index in [2.05, 4.69) is 21.2 Å². The topological polar surface area (TPSA) is 58.6 Å². The minimum Gasteiger partial charge on any atom is -0.484 e. The van der Waals surface area contributed by atoms with Crippen LogP contribution < -0.4 is 10.1 Å². The normalized spacial score (nSPS) is 12.0. The molecule has 0 fully saturated rings. The van der Waals surface area contributed by atoms with Crippen LogP contribution in [0.15, 0.2) is 83.3 Å². The van der Waals surface area contributed by atoms with E-state index in [0.29, 0.717) is 17.2 Å². The van der Waals surface area contributed by atoms with Gasteiger partial charge in [-0.1, -0.05) is 76.1 Å². The summed E-state index contributed by atoms with van der Waals surface area (Å²) in [5, 5.41) is 3.57. The molecule has 2 amide bonds. The predicted molar refractivity (Wildman–Crippen MR) is 143 cm³/mol. The van der Waals surface area contributed by atoms with Crippen molar-refractivity contribution >= 4 is 39.3 Å². The van der Waals surface area contributed by atoms with E-state index in [-0.39, 0.29) is 25.0 Å². The van der Waals surface area contributed by atoms with Gasteiger partial charge in [0.2, 0.25) is 5.91 Å². The Morgan fingerprint density at radius 2 is 1.66 bits per heavy atom. The Bertz CT molecular complexity index is 1150. The molecule has 0 aromatic heterocycles. The molecule has 7 heteroatoms. The van der Waals surface area contributed by atoms with Gasteiger partial charge >= 0.3 is 0 Å². The van der Waals surface area contributed by atoms with Crippen molar-refractivity contribution in [3.8, 4) is 5.75 Å². The first-order valence-electron chi connectivity index (χ1n) is 11.4. The highest BCUT2D eigenvalue weighted by atomic mass is 79.9. The lowest BCUT2D eigenvalue weighted by molar-refractivity contribution is -0.143. The van der Waals surface area contributed by atoms with Crippen LogP contribution in [0, 0.1) is 0 Å². The van der Waals surface area contributed by atoms with E-state index in [1.54, 1.807) is 29.2 Å². The maximum Gasteiger partial charge on any atom is 0.261 e. The molecule has 184 valence electrons. The van der Waals surface area contributed by atoms with Crippen molar-refractivity contribution in [2.24, 2.45) is 0 Å². The maximum atomic E-state index is 13.6. The Labute approximate surface area is 220 Å². The van der Waals surface area contributed by atoms with Crippen molar-refractivity contribution in [2.45, 2.75) is 45.3 Å². The number of carbonyl (C=O) groups is 2. The number of rotatable bonds is 9. The molecule has 0 aliphatic carbocycles. The number of amides is 2. The summed E-state index contributed by atoms with van der Waals surface area (Å²) in [7, 11) is 0. The van der Waals surface area contributed by atoms with Crippen molar-refractivity contribution < 1.29 is 14.3 Å². The lowest BCUT2D eigenvalue weighted by Crippen LogP contribution is -2.55. The van der Waals surface area contributed by atoms with Crippen LogP contribution in [0.2, 0.25) is 5.02 Å². The smallest absolute Gasteiger partial charge is 0.261 e. The van der Waals surface area contributed by atoms with E-state index in [1.165, 1.54) is 0 Å². The summed E-state index contributed by atoms with van der Waals surface area (Å²) >= 11 is 9.55. The van der Waals surface area contributed by atoms with Crippen LogP contribution in [0.25, 0.3) is 0 Å². The van der Waals surface area contributed by atoms with E-state index < -0.39 is 11.6 Å². The van der Waals surface area contributed by atoms with Crippen molar-refractivity contribution in [3.63, 3.8) is 0 Å². The molecule has 0 saturated heterocycles. The number of benzene rings is 3. The summed E-state index contributed by atoms with van der Waals surface area (Å²) in [5.74, 6) is -0.0191. The first kappa shape index (κ1) is 26.8. The van der Waals surface area contributed by atoms with Gasteiger partial charge in [-0.05, 0) is 62.2 Å². The largest absolute Gasteiger partial charge is 0.484 e. The van der Waals surface area contributed by atoms with Gasteiger partial charge in [-0.2, -0.15) is 0 Å². The molecule has 0 saturated carbocycles. The molecular weight excluding hydrogens is 528 g/mol. The summed E-state index contributed by atoms with van der Waals surface area (Å²) in [4.78, 5) is 28.7. The van der Waals surface area contributed by atoms with Crippen molar-refractivity contribution in [1.82, 2.24) is 10.2 Å². The zero-order valence-corrected chi connectivity index (χ0v) is 22.5. The van der Waals surface area contributed by atoms with Crippen LogP contribution in [-0.2, 0) is 22.6 Å². The van der Waals surface area contributed by atoms with Crippen molar-refractivity contribution in [1.29, 1.82) is 0 Å². The molecule has 1 N–H and O–H groups in total. The highest BCUT2D eigenvalue weighted by molar-refractivity contribution is 9.10. The van der Waals surface area contributed by atoms with Gasteiger partial charge in [0.25, 0.3) is 5.91 Å². The van der Waals surface area contributed by atoms with Crippen LogP contribution in [0.3, 0.4) is 0 Å². The van der Waals surface area contributed by atoms with Crippen molar-refractivity contribution in [3.05, 3.63) is 99.5 Å². The summed E-state index contributed by atoms with van der Waals surface area (Å²) in [6, 6.07) is 23.6. The molecule has 5 nitrogen and oxygen atoms in total. The second-order valence-electron chi connectivity index (χ2n) is 9.34. The zero-order chi connectivity index (χ0) is 25.4. The summed E-state index contributed by atoms with van der Waals surface area (Å²) < 4.78 is 6.65. The fourth-order valence-corrected chi connectivity index (χ4v) is 4.25. The predicted octanol–water partition coefficient (Wildman–Crippen LogP) is 6.04. The highest BCUT2D eigenvalue weighted by Crippen LogP contribution is 2.20. The number of halogens is 2. The van der Waals surface area contributed by atoms with Crippen LogP contribution in [0.5, 0.6) is 5.75 Å². The average Bonchev–Trinajstić information content (AvgIpc) is 2.79. The van der Waals surface area contributed by atoms with Gasteiger partial charge in [-0.3, -0.25) is 9.59 Å². The molecule has 3 rings (SSSR count). The number of hydrogen-bond acceptors (Lipinski definition) is 3. The first-order valence-corrected chi connectivity index (χ1v) is 12.6. The number of nitrogens with zero attached hydrogens (tertiary/aromatic N) is 1. The standard InChI is InChI=1S/C28H30BrClN2O3/c1-28(2,3)31-27(34)25(16-20-9-5-4-6-10-20)32(18-21-11-7-12-22(29)15-21)26(33)19-35-24-14-8-13-23(30)17-24/h4-15,17,25H,16,18-19H2,1-3H3,(H,31,34). The van der Waals surface area contributed by atoms with Gasteiger partial charge < -0.3 is 15.0 Å². The molecule has 3 aromatic rings. The monoisotopic (exact) mass is 556 g/mol. The molecule has 0 aliphatic heterocycles. The summed E-state index contributed by atoms with van der Waals surface area (Å²) in [6.07, 6.45) is 0.375. The minimum absolute atomic E-state index is 0.215. The highest BCUT2D eigenvalue weighted by Gasteiger charge is 2.32. The molecule has 0 bridgehead atoms. The van der Waals surface area contributed by atoms with Gasteiger partial charge in [-0.15, -0.1) is 0 Å². The Hall–Kier alpha value is -2.83. The van der Waals surface area contributed by atoms with E-state index in [4.69, 9.17) is 16.3 Å². The second-order valence-corrected chi connectivity index (χ2v) is 10.7. The SMILES string of the molecule is CC(C)(C)NC(=O)C(Cc1ccccc1)N(Cc1cccc(Br)c1)C(=O)COc1cccc(Cl)c1.